The summed E-state index contributed by atoms with van der Waals surface area (Å²) in [5.41, 5.74) is 4.25. The Morgan fingerprint density at radius 2 is 1.71 bits per heavy atom. The van der Waals surface area contributed by atoms with Crippen molar-refractivity contribution in [3.63, 3.8) is 0 Å². The maximum atomic E-state index is 12.5. The van der Waals surface area contributed by atoms with Crippen molar-refractivity contribution >= 4 is 5.78 Å². The lowest BCUT2D eigenvalue weighted by Gasteiger charge is -2.24. The third-order valence-electron chi connectivity index (χ3n) is 5.95. The second-order valence-electron chi connectivity index (χ2n) is 9.82. The molecule has 1 aromatic carbocycles. The van der Waals surface area contributed by atoms with Crippen molar-refractivity contribution in [2.24, 2.45) is 0 Å². The Hall–Kier alpha value is -2.37. The van der Waals surface area contributed by atoms with Gasteiger partial charge in [-0.25, -0.2) is 0 Å². The summed E-state index contributed by atoms with van der Waals surface area (Å²) in [6.45, 7) is 11.2. The number of carbonyl (C=O) groups excluding carboxylic acids is 1. The first-order chi connectivity index (χ1) is 15.9. The average molecular weight is 473 g/mol. The quantitative estimate of drug-likeness (QED) is 0.255. The van der Waals surface area contributed by atoms with Crippen LogP contribution in [0.4, 0.5) is 0 Å². The molecule has 0 saturated heterocycles. The number of aliphatic hydroxyl groups is 2. The van der Waals surface area contributed by atoms with Gasteiger partial charge in [0.2, 0.25) is 0 Å². The Morgan fingerprint density at radius 3 is 2.29 bits per heavy atom. The van der Waals surface area contributed by atoms with E-state index in [0.29, 0.717) is 19.3 Å². The number of hydrogen-bond donors (Lipinski definition) is 2. The summed E-state index contributed by atoms with van der Waals surface area (Å²) in [5.74, 6) is 1.76. The molecule has 34 heavy (non-hydrogen) atoms. The molecule has 0 fully saturated rings. The minimum Gasteiger partial charge on any atom is -0.497 e. The number of aliphatic hydroxyl groups excluding tert-OH is 1. The second-order valence-corrected chi connectivity index (χ2v) is 9.82. The summed E-state index contributed by atoms with van der Waals surface area (Å²) in [7, 11) is 3.32. The minimum atomic E-state index is -1.08. The summed E-state index contributed by atoms with van der Waals surface area (Å²) >= 11 is 0. The Kier molecular flexibility index (Phi) is 12.3. The lowest BCUT2D eigenvalue weighted by atomic mass is 9.95. The fourth-order valence-electron chi connectivity index (χ4n) is 3.77. The van der Waals surface area contributed by atoms with Crippen LogP contribution in [0, 0.1) is 6.92 Å². The molecule has 0 saturated carbocycles. The van der Waals surface area contributed by atoms with Crippen LogP contribution in [0.25, 0.3) is 0 Å². The number of benzene rings is 1. The standard InChI is InChI=1S/C29H44O5/c1-20(13-15-27(31)29(5,6)32)10-9-11-21(2)16-25(30)17-22(3)12-14-24-19-26(33-7)18-23(4)28(24)34-8/h10,12,16,18-19,27,31-32H,9,11,13-15,17H2,1-8H3. The Balaban J connectivity index is 2.59. The van der Waals surface area contributed by atoms with Crippen molar-refractivity contribution in [1.82, 2.24) is 0 Å². The third kappa shape index (κ3) is 10.7. The summed E-state index contributed by atoms with van der Waals surface area (Å²) in [5, 5.41) is 19.8. The Bertz CT molecular complexity index is 900. The van der Waals surface area contributed by atoms with Crippen LogP contribution >= 0.6 is 0 Å². The highest BCUT2D eigenvalue weighted by Gasteiger charge is 2.23. The molecule has 190 valence electrons. The van der Waals surface area contributed by atoms with Crippen LogP contribution in [0.3, 0.4) is 0 Å². The van der Waals surface area contributed by atoms with Gasteiger partial charge in [0.15, 0.2) is 5.78 Å². The number of carbonyl (C=O) groups is 1. The SMILES string of the molecule is COc1cc(C)c(OC)c(CC=C(C)CC(=O)C=C(C)CCC=C(C)CCC(O)C(C)(C)O)c1. The fraction of sp³-hybridized carbons (Fsp3) is 0.552. The monoisotopic (exact) mass is 472 g/mol. The van der Waals surface area contributed by atoms with E-state index in [-0.39, 0.29) is 5.78 Å². The number of aryl methyl sites for hydroxylation is 1. The topological polar surface area (TPSA) is 76.0 Å². The van der Waals surface area contributed by atoms with Gasteiger partial charge in [0, 0.05) is 12.0 Å². The van der Waals surface area contributed by atoms with Gasteiger partial charge in [-0.05, 0) is 97.4 Å². The molecule has 1 unspecified atom stereocenters. The molecule has 5 nitrogen and oxygen atoms in total. The number of methoxy groups -OCH3 is 2. The zero-order chi connectivity index (χ0) is 25.9. The van der Waals surface area contributed by atoms with Crippen LogP contribution in [0.1, 0.15) is 77.8 Å². The van der Waals surface area contributed by atoms with E-state index >= 15 is 0 Å². The van der Waals surface area contributed by atoms with Crippen molar-refractivity contribution in [2.75, 3.05) is 14.2 Å². The summed E-state index contributed by atoms with van der Waals surface area (Å²) < 4.78 is 10.9. The van der Waals surface area contributed by atoms with Gasteiger partial charge >= 0.3 is 0 Å². The van der Waals surface area contributed by atoms with E-state index in [2.05, 4.69) is 12.2 Å². The molecule has 0 aromatic heterocycles. The number of hydrogen-bond acceptors (Lipinski definition) is 5. The molecule has 1 aromatic rings. The van der Waals surface area contributed by atoms with Crippen LogP contribution < -0.4 is 9.47 Å². The molecule has 5 heteroatoms. The van der Waals surface area contributed by atoms with Gasteiger partial charge in [-0.15, -0.1) is 0 Å². The molecule has 0 aliphatic rings. The zero-order valence-electron chi connectivity index (χ0n) is 22.3. The van der Waals surface area contributed by atoms with E-state index in [0.717, 1.165) is 53.0 Å². The van der Waals surface area contributed by atoms with Gasteiger partial charge in [0.1, 0.15) is 11.5 Å². The first kappa shape index (κ1) is 29.7. The van der Waals surface area contributed by atoms with Gasteiger partial charge in [0.05, 0.1) is 25.9 Å². The number of ketones is 1. The Labute approximate surface area is 206 Å². The molecular formula is C29H44O5. The first-order valence-electron chi connectivity index (χ1n) is 12.0. The second kappa shape index (κ2) is 14.1. The predicted molar refractivity (Wildman–Crippen MR) is 140 cm³/mol. The van der Waals surface area contributed by atoms with Crippen molar-refractivity contribution in [3.8, 4) is 11.5 Å². The largest absolute Gasteiger partial charge is 0.497 e. The molecule has 0 bridgehead atoms. The lowest BCUT2D eigenvalue weighted by Crippen LogP contribution is -2.35. The molecule has 0 radical (unpaired) electrons. The number of allylic oxidation sites excluding steroid dienone is 6. The number of rotatable bonds is 14. The van der Waals surface area contributed by atoms with E-state index < -0.39 is 11.7 Å². The van der Waals surface area contributed by atoms with Crippen molar-refractivity contribution in [1.29, 1.82) is 0 Å². The normalized spacial score (nSPS) is 14.2. The molecule has 1 rings (SSSR count). The zero-order valence-corrected chi connectivity index (χ0v) is 22.3. The van der Waals surface area contributed by atoms with E-state index in [1.54, 1.807) is 34.1 Å². The van der Waals surface area contributed by atoms with Crippen LogP contribution in [0.2, 0.25) is 0 Å². The van der Waals surface area contributed by atoms with Crippen LogP contribution in [0.5, 0.6) is 11.5 Å². The van der Waals surface area contributed by atoms with Gasteiger partial charge in [-0.3, -0.25) is 4.79 Å². The molecule has 0 spiro atoms. The molecule has 0 aliphatic carbocycles. The van der Waals surface area contributed by atoms with Gasteiger partial charge in [-0.2, -0.15) is 0 Å². The lowest BCUT2D eigenvalue weighted by molar-refractivity contribution is -0.114. The number of ether oxygens (including phenoxy) is 2. The maximum absolute atomic E-state index is 12.5. The average Bonchev–Trinajstić information content (AvgIpc) is 2.74. The maximum Gasteiger partial charge on any atom is 0.159 e. The molecule has 0 amide bonds. The van der Waals surface area contributed by atoms with Crippen molar-refractivity contribution in [3.05, 3.63) is 58.2 Å². The molecule has 1 atom stereocenters. The van der Waals surface area contributed by atoms with Crippen LogP contribution in [-0.2, 0) is 11.2 Å². The molecule has 0 aliphatic heterocycles. The van der Waals surface area contributed by atoms with E-state index in [1.807, 2.05) is 39.8 Å². The summed E-state index contributed by atoms with van der Waals surface area (Å²) in [6.07, 6.45) is 9.25. The van der Waals surface area contributed by atoms with Gasteiger partial charge in [0.25, 0.3) is 0 Å². The molecule has 0 heterocycles. The van der Waals surface area contributed by atoms with E-state index in [4.69, 9.17) is 9.47 Å². The van der Waals surface area contributed by atoms with Gasteiger partial charge in [-0.1, -0.05) is 28.9 Å². The third-order valence-corrected chi connectivity index (χ3v) is 5.95. The highest BCUT2D eigenvalue weighted by Crippen LogP contribution is 2.29. The smallest absolute Gasteiger partial charge is 0.159 e. The van der Waals surface area contributed by atoms with Crippen molar-refractivity contribution < 1.29 is 24.5 Å². The molecule has 2 N–H and O–H groups in total. The van der Waals surface area contributed by atoms with Crippen LogP contribution in [-0.4, -0.2) is 41.9 Å². The van der Waals surface area contributed by atoms with Gasteiger partial charge < -0.3 is 19.7 Å². The highest BCUT2D eigenvalue weighted by molar-refractivity contribution is 5.91. The fourth-order valence-corrected chi connectivity index (χ4v) is 3.77. The highest BCUT2D eigenvalue weighted by atomic mass is 16.5. The van der Waals surface area contributed by atoms with E-state index in [9.17, 15) is 15.0 Å². The minimum absolute atomic E-state index is 0.106. The van der Waals surface area contributed by atoms with Crippen LogP contribution in [0.15, 0.2) is 47.1 Å². The van der Waals surface area contributed by atoms with E-state index in [1.165, 1.54) is 5.57 Å². The molecular weight excluding hydrogens is 428 g/mol. The first-order valence-corrected chi connectivity index (χ1v) is 12.0. The predicted octanol–water partition coefficient (Wildman–Crippen LogP) is 6.05. The summed E-state index contributed by atoms with van der Waals surface area (Å²) in [4.78, 5) is 12.5. The van der Waals surface area contributed by atoms with Crippen molar-refractivity contribution in [2.45, 2.75) is 91.8 Å². The Morgan fingerprint density at radius 1 is 1.03 bits per heavy atom. The summed E-state index contributed by atoms with van der Waals surface area (Å²) in [6, 6.07) is 3.92.